The molecule has 4 rings (SSSR count). The van der Waals surface area contributed by atoms with Gasteiger partial charge in [0.25, 0.3) is 5.91 Å². The molecule has 0 atom stereocenters. The number of nitrogens with one attached hydrogen (secondary N) is 1. The Labute approximate surface area is 168 Å². The molecule has 1 saturated heterocycles. The molecule has 1 N–H and O–H groups in total. The molecule has 0 unspecified atom stereocenters. The summed E-state index contributed by atoms with van der Waals surface area (Å²) in [5.41, 5.74) is 1.74. The smallest absolute Gasteiger partial charge is 0.344 e. The minimum atomic E-state index is -0.426. The maximum atomic E-state index is 12.9. The van der Waals surface area contributed by atoms with E-state index in [1.807, 2.05) is 18.2 Å². The van der Waals surface area contributed by atoms with Crippen LogP contribution in [-0.4, -0.2) is 35.8 Å². The monoisotopic (exact) mass is 390 g/mol. The summed E-state index contributed by atoms with van der Waals surface area (Å²) in [4.78, 5) is 38.4. The molecule has 1 aromatic heterocycles. The van der Waals surface area contributed by atoms with Crippen molar-refractivity contribution in [2.75, 3.05) is 13.1 Å². The van der Waals surface area contributed by atoms with Gasteiger partial charge in [-0.1, -0.05) is 30.3 Å². The summed E-state index contributed by atoms with van der Waals surface area (Å²) >= 11 is 0. The molecular formula is C23H22N2O4. The van der Waals surface area contributed by atoms with E-state index in [9.17, 15) is 14.4 Å². The summed E-state index contributed by atoms with van der Waals surface area (Å²) in [6.45, 7) is 2.69. The predicted octanol–water partition coefficient (Wildman–Crippen LogP) is 3.20. The van der Waals surface area contributed by atoms with Gasteiger partial charge in [0.15, 0.2) is 0 Å². The second-order valence-corrected chi connectivity index (χ2v) is 7.33. The van der Waals surface area contributed by atoms with Crippen molar-refractivity contribution in [3.8, 4) is 11.1 Å². The minimum Gasteiger partial charge on any atom is -0.422 e. The molecule has 2 amide bonds. The van der Waals surface area contributed by atoms with Gasteiger partial charge in [0, 0.05) is 37.0 Å². The zero-order valence-corrected chi connectivity index (χ0v) is 16.2. The molecule has 1 aliphatic heterocycles. The maximum absolute atomic E-state index is 12.9. The standard InChI is InChI=1S/C23H22N2O4/c1-15(26)24-19-9-11-25(12-10-19)22(27)18-7-4-6-16(13-18)20-14-17-5-2-3-8-21(17)29-23(20)28/h2-8,13-14,19H,9-12H2,1H3,(H,24,26). The van der Waals surface area contributed by atoms with E-state index in [1.165, 1.54) is 6.92 Å². The molecular weight excluding hydrogens is 368 g/mol. The highest BCUT2D eigenvalue weighted by atomic mass is 16.4. The average Bonchev–Trinajstić information content (AvgIpc) is 2.73. The van der Waals surface area contributed by atoms with Crippen LogP contribution in [0.3, 0.4) is 0 Å². The Kier molecular flexibility index (Phi) is 5.16. The molecule has 2 heterocycles. The number of hydrogen-bond donors (Lipinski definition) is 1. The van der Waals surface area contributed by atoms with E-state index in [0.717, 1.165) is 18.2 Å². The van der Waals surface area contributed by atoms with Gasteiger partial charge in [-0.05, 0) is 42.7 Å². The third kappa shape index (κ3) is 4.06. The van der Waals surface area contributed by atoms with Gasteiger partial charge in [0.2, 0.25) is 5.91 Å². The van der Waals surface area contributed by atoms with Crippen LogP contribution in [0, 0.1) is 0 Å². The van der Waals surface area contributed by atoms with E-state index < -0.39 is 5.63 Å². The lowest BCUT2D eigenvalue weighted by molar-refractivity contribution is -0.119. The van der Waals surface area contributed by atoms with Gasteiger partial charge in [-0.15, -0.1) is 0 Å². The molecule has 0 aliphatic carbocycles. The number of amides is 2. The number of fused-ring (bicyclic) bond motifs is 1. The van der Waals surface area contributed by atoms with Crippen LogP contribution in [0.4, 0.5) is 0 Å². The van der Waals surface area contributed by atoms with Crippen molar-refractivity contribution >= 4 is 22.8 Å². The number of carbonyl (C=O) groups is 2. The molecule has 2 aromatic carbocycles. The maximum Gasteiger partial charge on any atom is 0.344 e. The summed E-state index contributed by atoms with van der Waals surface area (Å²) in [5.74, 6) is -0.116. The molecule has 148 valence electrons. The number of benzene rings is 2. The van der Waals surface area contributed by atoms with Gasteiger partial charge in [-0.2, -0.15) is 0 Å². The lowest BCUT2D eigenvalue weighted by Gasteiger charge is -2.32. The van der Waals surface area contributed by atoms with E-state index in [1.54, 1.807) is 41.3 Å². The van der Waals surface area contributed by atoms with E-state index in [-0.39, 0.29) is 17.9 Å². The Morgan fingerprint density at radius 2 is 1.79 bits per heavy atom. The molecule has 0 spiro atoms. The van der Waals surface area contributed by atoms with Gasteiger partial charge in [0.1, 0.15) is 5.58 Å². The van der Waals surface area contributed by atoms with Crippen molar-refractivity contribution in [1.29, 1.82) is 0 Å². The van der Waals surface area contributed by atoms with Crippen LogP contribution >= 0.6 is 0 Å². The fourth-order valence-corrected chi connectivity index (χ4v) is 3.78. The van der Waals surface area contributed by atoms with E-state index in [2.05, 4.69) is 5.32 Å². The van der Waals surface area contributed by atoms with Crippen LogP contribution in [0.15, 0.2) is 63.8 Å². The van der Waals surface area contributed by atoms with Crippen molar-refractivity contribution in [2.45, 2.75) is 25.8 Å². The summed E-state index contributed by atoms with van der Waals surface area (Å²) in [6, 6.07) is 16.3. The number of nitrogens with zero attached hydrogens (tertiary/aromatic N) is 1. The highest BCUT2D eigenvalue weighted by Gasteiger charge is 2.24. The van der Waals surface area contributed by atoms with Crippen LogP contribution in [0.25, 0.3) is 22.1 Å². The lowest BCUT2D eigenvalue weighted by atomic mass is 10.0. The largest absolute Gasteiger partial charge is 0.422 e. The van der Waals surface area contributed by atoms with Gasteiger partial charge < -0.3 is 14.6 Å². The molecule has 6 heteroatoms. The first-order valence-corrected chi connectivity index (χ1v) is 9.71. The van der Waals surface area contributed by atoms with Crippen molar-refractivity contribution < 1.29 is 14.0 Å². The molecule has 0 saturated carbocycles. The van der Waals surface area contributed by atoms with Crippen LogP contribution in [0.2, 0.25) is 0 Å². The third-order valence-corrected chi connectivity index (χ3v) is 5.25. The normalized spacial score (nSPS) is 14.7. The van der Waals surface area contributed by atoms with Gasteiger partial charge in [0.05, 0.1) is 5.56 Å². The summed E-state index contributed by atoms with van der Waals surface area (Å²) < 4.78 is 5.42. The van der Waals surface area contributed by atoms with Crippen LogP contribution in [0.5, 0.6) is 0 Å². The average molecular weight is 390 g/mol. The van der Waals surface area contributed by atoms with Crippen LogP contribution in [0.1, 0.15) is 30.1 Å². The van der Waals surface area contributed by atoms with E-state index >= 15 is 0 Å². The number of likely N-dealkylation sites (tertiary alicyclic amines) is 1. The highest BCUT2D eigenvalue weighted by molar-refractivity contribution is 5.95. The zero-order chi connectivity index (χ0) is 20.4. The molecule has 1 aliphatic rings. The molecule has 0 radical (unpaired) electrons. The van der Waals surface area contributed by atoms with E-state index in [4.69, 9.17) is 4.42 Å². The Morgan fingerprint density at radius 1 is 1.03 bits per heavy atom. The lowest BCUT2D eigenvalue weighted by Crippen LogP contribution is -2.46. The molecule has 29 heavy (non-hydrogen) atoms. The quantitative estimate of drug-likeness (QED) is 0.697. The first-order chi connectivity index (χ1) is 14.0. The number of para-hydroxylation sites is 1. The Hall–Kier alpha value is -3.41. The topological polar surface area (TPSA) is 79.6 Å². The predicted molar refractivity (Wildman–Crippen MR) is 111 cm³/mol. The van der Waals surface area contributed by atoms with Crippen molar-refractivity contribution in [3.63, 3.8) is 0 Å². The second-order valence-electron chi connectivity index (χ2n) is 7.33. The van der Waals surface area contributed by atoms with Gasteiger partial charge in [-0.3, -0.25) is 9.59 Å². The second kappa shape index (κ2) is 7.91. The minimum absolute atomic E-state index is 0.0447. The Morgan fingerprint density at radius 3 is 2.55 bits per heavy atom. The SMILES string of the molecule is CC(=O)NC1CCN(C(=O)c2cccc(-c3cc4ccccc4oc3=O)c2)CC1. The zero-order valence-electron chi connectivity index (χ0n) is 16.2. The Bertz CT molecular complexity index is 1130. The third-order valence-electron chi connectivity index (χ3n) is 5.25. The first-order valence-electron chi connectivity index (χ1n) is 9.71. The number of hydrogen-bond acceptors (Lipinski definition) is 4. The molecule has 3 aromatic rings. The van der Waals surface area contributed by atoms with Crippen LogP contribution < -0.4 is 10.9 Å². The highest BCUT2D eigenvalue weighted by Crippen LogP contribution is 2.23. The number of carbonyl (C=O) groups excluding carboxylic acids is 2. The van der Waals surface area contributed by atoms with E-state index in [0.29, 0.717) is 35.4 Å². The molecule has 6 nitrogen and oxygen atoms in total. The van der Waals surface area contributed by atoms with Gasteiger partial charge in [-0.25, -0.2) is 4.79 Å². The summed E-state index contributed by atoms with van der Waals surface area (Å²) in [6.07, 6.45) is 1.47. The fraction of sp³-hybridized carbons (Fsp3) is 0.261. The van der Waals surface area contributed by atoms with Gasteiger partial charge >= 0.3 is 5.63 Å². The number of piperidine rings is 1. The summed E-state index contributed by atoms with van der Waals surface area (Å²) in [7, 11) is 0. The molecule has 0 bridgehead atoms. The fourth-order valence-electron chi connectivity index (χ4n) is 3.78. The van der Waals surface area contributed by atoms with Crippen molar-refractivity contribution in [2.24, 2.45) is 0 Å². The molecule has 1 fully saturated rings. The summed E-state index contributed by atoms with van der Waals surface area (Å²) in [5, 5.41) is 3.74. The van der Waals surface area contributed by atoms with Crippen LogP contribution in [-0.2, 0) is 4.79 Å². The number of rotatable bonds is 3. The van der Waals surface area contributed by atoms with Crippen molar-refractivity contribution in [1.82, 2.24) is 10.2 Å². The Balaban J connectivity index is 1.57. The first kappa shape index (κ1) is 18.9. The van der Waals surface area contributed by atoms with Crippen molar-refractivity contribution in [3.05, 3.63) is 70.6 Å².